The van der Waals surface area contributed by atoms with Crippen molar-refractivity contribution in [1.29, 1.82) is 0 Å². The molecular formula is C18H32O. The standard InChI is InChI=1S/C18H32O/c1-3-5-6-7-8-9-10-11-12-13-17-16(4-2)14-15-18(17)19/h14-17H,3-13H2,1-2H3. The van der Waals surface area contributed by atoms with Crippen molar-refractivity contribution < 1.29 is 4.79 Å². The van der Waals surface area contributed by atoms with Gasteiger partial charge in [-0.2, -0.15) is 0 Å². The third kappa shape index (κ3) is 6.40. The number of hydrogen-bond acceptors (Lipinski definition) is 1. The first-order chi connectivity index (χ1) is 9.29. The van der Waals surface area contributed by atoms with E-state index in [2.05, 4.69) is 19.9 Å². The molecular weight excluding hydrogens is 232 g/mol. The Morgan fingerprint density at radius 1 is 0.895 bits per heavy atom. The fourth-order valence-corrected chi connectivity index (χ4v) is 3.14. The van der Waals surface area contributed by atoms with Gasteiger partial charge in [0.1, 0.15) is 0 Å². The highest BCUT2D eigenvalue weighted by Crippen LogP contribution is 2.29. The van der Waals surface area contributed by atoms with E-state index in [9.17, 15) is 4.79 Å². The minimum atomic E-state index is 0.314. The lowest BCUT2D eigenvalue weighted by Gasteiger charge is -2.15. The van der Waals surface area contributed by atoms with Crippen LogP contribution in [0, 0.1) is 11.8 Å². The second-order valence-corrected chi connectivity index (χ2v) is 6.06. The van der Waals surface area contributed by atoms with Gasteiger partial charge in [0.2, 0.25) is 0 Å². The summed E-state index contributed by atoms with van der Waals surface area (Å²) >= 11 is 0. The summed E-state index contributed by atoms with van der Waals surface area (Å²) < 4.78 is 0. The molecule has 0 saturated carbocycles. The van der Waals surface area contributed by atoms with E-state index in [1.54, 1.807) is 0 Å². The maximum absolute atomic E-state index is 11.7. The molecule has 1 nitrogen and oxygen atoms in total. The first-order valence-electron chi connectivity index (χ1n) is 8.51. The molecule has 0 aromatic heterocycles. The smallest absolute Gasteiger partial charge is 0.159 e. The highest BCUT2D eigenvalue weighted by Gasteiger charge is 2.27. The monoisotopic (exact) mass is 264 g/mol. The van der Waals surface area contributed by atoms with Crippen molar-refractivity contribution in [2.75, 3.05) is 0 Å². The topological polar surface area (TPSA) is 17.1 Å². The van der Waals surface area contributed by atoms with E-state index in [1.807, 2.05) is 6.08 Å². The summed E-state index contributed by atoms with van der Waals surface area (Å²) in [4.78, 5) is 11.7. The average Bonchev–Trinajstić information content (AvgIpc) is 2.77. The SMILES string of the molecule is CCCCCCCCCCCC1C(=O)C=CC1CC. The summed E-state index contributed by atoms with van der Waals surface area (Å²) in [5, 5.41) is 0. The minimum absolute atomic E-state index is 0.314. The van der Waals surface area contributed by atoms with Gasteiger partial charge < -0.3 is 0 Å². The van der Waals surface area contributed by atoms with E-state index in [0.29, 0.717) is 17.6 Å². The molecule has 110 valence electrons. The Kier molecular flexibility index (Phi) is 8.86. The molecule has 0 radical (unpaired) electrons. The first-order valence-corrected chi connectivity index (χ1v) is 8.51. The Balaban J connectivity index is 1.95. The van der Waals surface area contributed by atoms with E-state index in [0.717, 1.165) is 12.8 Å². The fourth-order valence-electron chi connectivity index (χ4n) is 3.14. The zero-order valence-corrected chi connectivity index (χ0v) is 13.0. The number of allylic oxidation sites excluding steroid dienone is 2. The number of unbranched alkanes of at least 4 members (excludes halogenated alkanes) is 8. The van der Waals surface area contributed by atoms with Gasteiger partial charge in [-0.15, -0.1) is 0 Å². The van der Waals surface area contributed by atoms with Crippen molar-refractivity contribution in [1.82, 2.24) is 0 Å². The number of carbonyl (C=O) groups excluding carboxylic acids is 1. The Morgan fingerprint density at radius 2 is 1.47 bits per heavy atom. The number of carbonyl (C=O) groups is 1. The van der Waals surface area contributed by atoms with E-state index in [-0.39, 0.29) is 0 Å². The molecule has 0 amide bonds. The zero-order chi connectivity index (χ0) is 13.9. The molecule has 0 saturated heterocycles. The van der Waals surface area contributed by atoms with Crippen molar-refractivity contribution in [3.8, 4) is 0 Å². The molecule has 1 aliphatic rings. The molecule has 0 aromatic carbocycles. The fraction of sp³-hybridized carbons (Fsp3) is 0.833. The van der Waals surface area contributed by atoms with Gasteiger partial charge in [0.15, 0.2) is 5.78 Å². The van der Waals surface area contributed by atoms with Crippen molar-refractivity contribution in [3.05, 3.63) is 12.2 Å². The highest BCUT2D eigenvalue weighted by atomic mass is 16.1. The molecule has 0 aliphatic heterocycles. The molecule has 0 N–H and O–H groups in total. The summed E-state index contributed by atoms with van der Waals surface area (Å²) in [6.07, 6.45) is 18.4. The van der Waals surface area contributed by atoms with Crippen molar-refractivity contribution >= 4 is 5.78 Å². The molecule has 1 heteroatoms. The van der Waals surface area contributed by atoms with Crippen LogP contribution < -0.4 is 0 Å². The van der Waals surface area contributed by atoms with Gasteiger partial charge in [0.05, 0.1) is 0 Å². The van der Waals surface area contributed by atoms with Crippen LogP contribution in [0.15, 0.2) is 12.2 Å². The van der Waals surface area contributed by atoms with Gasteiger partial charge >= 0.3 is 0 Å². The normalized spacial score (nSPS) is 22.3. The molecule has 2 atom stereocenters. The molecule has 19 heavy (non-hydrogen) atoms. The summed E-state index contributed by atoms with van der Waals surface area (Å²) in [6.45, 7) is 4.46. The summed E-state index contributed by atoms with van der Waals surface area (Å²) in [6, 6.07) is 0. The molecule has 0 fully saturated rings. The van der Waals surface area contributed by atoms with Crippen LogP contribution in [0.4, 0.5) is 0 Å². The Morgan fingerprint density at radius 3 is 2.05 bits per heavy atom. The zero-order valence-electron chi connectivity index (χ0n) is 13.0. The lowest BCUT2D eigenvalue weighted by Crippen LogP contribution is -2.15. The lowest BCUT2D eigenvalue weighted by molar-refractivity contribution is -0.118. The van der Waals surface area contributed by atoms with Crippen LogP contribution in [-0.2, 0) is 4.79 Å². The van der Waals surface area contributed by atoms with E-state index in [4.69, 9.17) is 0 Å². The summed E-state index contributed by atoms with van der Waals surface area (Å²) in [7, 11) is 0. The van der Waals surface area contributed by atoms with Gasteiger partial charge in [-0.25, -0.2) is 0 Å². The van der Waals surface area contributed by atoms with Crippen LogP contribution in [0.2, 0.25) is 0 Å². The molecule has 0 heterocycles. The van der Waals surface area contributed by atoms with Gasteiger partial charge in [-0.05, 0) is 24.8 Å². The number of rotatable bonds is 11. The van der Waals surface area contributed by atoms with Gasteiger partial charge in [-0.1, -0.05) is 77.7 Å². The largest absolute Gasteiger partial charge is 0.295 e. The molecule has 1 rings (SSSR count). The van der Waals surface area contributed by atoms with Gasteiger partial charge in [0.25, 0.3) is 0 Å². The van der Waals surface area contributed by atoms with Crippen molar-refractivity contribution in [2.45, 2.75) is 84.5 Å². The second-order valence-electron chi connectivity index (χ2n) is 6.06. The maximum atomic E-state index is 11.7. The van der Waals surface area contributed by atoms with Crippen LogP contribution in [0.1, 0.15) is 84.5 Å². The quantitative estimate of drug-likeness (QED) is 0.438. The van der Waals surface area contributed by atoms with Crippen molar-refractivity contribution in [3.63, 3.8) is 0 Å². The van der Waals surface area contributed by atoms with Crippen LogP contribution in [0.5, 0.6) is 0 Å². The van der Waals surface area contributed by atoms with Crippen LogP contribution in [0.25, 0.3) is 0 Å². The van der Waals surface area contributed by atoms with Gasteiger partial charge in [-0.3, -0.25) is 4.79 Å². The number of hydrogen-bond donors (Lipinski definition) is 0. The third-order valence-electron chi connectivity index (χ3n) is 4.48. The highest BCUT2D eigenvalue weighted by molar-refractivity contribution is 5.94. The molecule has 0 aromatic rings. The predicted molar refractivity (Wildman–Crippen MR) is 83.3 cm³/mol. The lowest BCUT2D eigenvalue weighted by atomic mass is 9.88. The molecule has 0 bridgehead atoms. The maximum Gasteiger partial charge on any atom is 0.159 e. The van der Waals surface area contributed by atoms with Crippen LogP contribution >= 0.6 is 0 Å². The summed E-state index contributed by atoms with van der Waals surface area (Å²) in [5.41, 5.74) is 0. The Labute approximate surface area is 119 Å². The van der Waals surface area contributed by atoms with Gasteiger partial charge in [0, 0.05) is 5.92 Å². The molecule has 0 spiro atoms. The minimum Gasteiger partial charge on any atom is -0.295 e. The van der Waals surface area contributed by atoms with Crippen LogP contribution in [0.3, 0.4) is 0 Å². The molecule has 1 aliphatic carbocycles. The Hall–Kier alpha value is -0.590. The number of ketones is 1. The van der Waals surface area contributed by atoms with Crippen LogP contribution in [-0.4, -0.2) is 5.78 Å². The second kappa shape index (κ2) is 10.2. The third-order valence-corrected chi connectivity index (χ3v) is 4.48. The van der Waals surface area contributed by atoms with E-state index < -0.39 is 0 Å². The van der Waals surface area contributed by atoms with Crippen molar-refractivity contribution in [2.24, 2.45) is 11.8 Å². The Bertz CT molecular complexity index is 267. The van der Waals surface area contributed by atoms with E-state index in [1.165, 1.54) is 57.8 Å². The average molecular weight is 264 g/mol. The first kappa shape index (κ1) is 16.5. The predicted octanol–water partition coefficient (Wildman–Crippen LogP) is 5.69. The summed E-state index contributed by atoms with van der Waals surface area (Å²) in [5.74, 6) is 1.22. The van der Waals surface area contributed by atoms with E-state index >= 15 is 0 Å². The molecule has 2 unspecified atom stereocenters.